The first-order chi connectivity index (χ1) is 11.1. The quantitative estimate of drug-likeness (QED) is 0.223. The van der Waals surface area contributed by atoms with Gasteiger partial charge in [-0.25, -0.2) is 0 Å². The first-order valence-corrected chi connectivity index (χ1v) is 8.78. The minimum Gasteiger partial charge on any atom is -0.321 e. The zero-order valence-corrected chi connectivity index (χ0v) is 18.9. The first-order valence-electron chi connectivity index (χ1n) is 7.96. The van der Waals surface area contributed by atoms with E-state index in [2.05, 4.69) is 34.2 Å². The molecule has 0 saturated heterocycles. The minimum atomic E-state index is -0.173. The van der Waals surface area contributed by atoms with Gasteiger partial charge in [0.15, 0.2) is 0 Å². The molecule has 6 nitrogen and oxygen atoms in total. The van der Waals surface area contributed by atoms with Crippen molar-refractivity contribution >= 4 is 46.1 Å². The Morgan fingerprint density at radius 2 is 1.04 bits per heavy atom. The Kier molecular flexibility index (Phi) is 21.9. The molecular formula is C16H28O6S2Ti. The molecular weight excluding hydrogens is 400 g/mol. The second-order valence-electron chi connectivity index (χ2n) is 5.38. The monoisotopic (exact) mass is 428 g/mol. The van der Waals surface area contributed by atoms with Gasteiger partial charge in [0.1, 0.15) is 0 Å². The third kappa shape index (κ3) is 19.9. The summed E-state index contributed by atoms with van der Waals surface area (Å²) in [6.45, 7) is 11.0. The van der Waals surface area contributed by atoms with Gasteiger partial charge in [-0.15, -0.1) is 0 Å². The molecule has 0 aliphatic carbocycles. The van der Waals surface area contributed by atoms with Gasteiger partial charge in [0.05, 0.1) is 12.2 Å². The number of Topliss-reactive ketones (excluding diaryl/α,β-unsaturated/α-hetero) is 2. The van der Waals surface area contributed by atoms with Gasteiger partial charge in [-0.05, 0) is 65.0 Å². The number of carbonyl (C=O) groups excluding carboxylic acids is 2. The van der Waals surface area contributed by atoms with Crippen molar-refractivity contribution < 1.29 is 50.9 Å². The van der Waals surface area contributed by atoms with Crippen LogP contribution in [-0.2, 0) is 50.9 Å². The molecule has 0 atom stereocenters. The van der Waals surface area contributed by atoms with E-state index >= 15 is 0 Å². The van der Waals surface area contributed by atoms with Crippen LogP contribution in [0.2, 0.25) is 0 Å². The van der Waals surface area contributed by atoms with Crippen molar-refractivity contribution in [3.63, 3.8) is 0 Å². The molecule has 0 unspecified atom stereocenters. The standard InChI is InChI=1S/2C8H14O3S.Ti/c2*1-4-5-7(9)8(12)11-10-6(2)3;/h2*6H,4-5H2,1-3H3;. The largest absolute Gasteiger partial charge is 0.321 e. The molecule has 0 bridgehead atoms. The third-order valence-electron chi connectivity index (χ3n) is 2.04. The fourth-order valence-electron chi connectivity index (χ4n) is 1.03. The van der Waals surface area contributed by atoms with Crippen LogP contribution in [0, 0.1) is 0 Å². The molecule has 0 aromatic heterocycles. The molecule has 0 aromatic rings. The van der Waals surface area contributed by atoms with Crippen LogP contribution in [0.1, 0.15) is 67.2 Å². The van der Waals surface area contributed by atoms with E-state index in [-0.39, 0.29) is 55.6 Å². The third-order valence-corrected chi connectivity index (χ3v) is 2.63. The maximum atomic E-state index is 11.0. The average Bonchev–Trinajstić information content (AvgIpc) is 2.51. The van der Waals surface area contributed by atoms with Gasteiger partial charge in [0, 0.05) is 34.6 Å². The normalized spacial score (nSPS) is 9.60. The zero-order chi connectivity index (χ0) is 19.1. The number of ketones is 2. The molecule has 144 valence electrons. The summed E-state index contributed by atoms with van der Waals surface area (Å²) in [4.78, 5) is 40.6. The molecule has 0 aromatic carbocycles. The van der Waals surface area contributed by atoms with Gasteiger partial charge in [-0.2, -0.15) is 9.78 Å². The Bertz CT molecular complexity index is 375. The van der Waals surface area contributed by atoms with Crippen LogP contribution in [0.5, 0.6) is 0 Å². The van der Waals surface area contributed by atoms with Gasteiger partial charge in [-0.3, -0.25) is 9.59 Å². The smallest absolute Gasteiger partial charge is 0.271 e. The summed E-state index contributed by atoms with van der Waals surface area (Å²) in [6.07, 6.45) is 2.20. The fourth-order valence-corrected chi connectivity index (χ4v) is 1.31. The second-order valence-corrected chi connectivity index (χ2v) is 6.12. The van der Waals surface area contributed by atoms with Gasteiger partial charge in [0.25, 0.3) is 10.1 Å². The van der Waals surface area contributed by atoms with Crippen LogP contribution < -0.4 is 0 Å². The van der Waals surface area contributed by atoms with E-state index in [1.165, 1.54) is 0 Å². The summed E-state index contributed by atoms with van der Waals surface area (Å²) in [7, 11) is 0. The molecule has 0 fully saturated rings. The number of thiocarbonyl (C=S) groups is 2. The Morgan fingerprint density at radius 1 is 0.760 bits per heavy atom. The summed E-state index contributed by atoms with van der Waals surface area (Å²) < 4.78 is 0. The summed E-state index contributed by atoms with van der Waals surface area (Å²) in [5.41, 5.74) is 0. The van der Waals surface area contributed by atoms with Gasteiger partial charge in [-0.1, -0.05) is 13.8 Å². The van der Waals surface area contributed by atoms with E-state index in [0.717, 1.165) is 12.8 Å². The molecule has 0 amide bonds. The molecule has 0 saturated carbocycles. The summed E-state index contributed by atoms with van der Waals surface area (Å²) in [5, 5.41) is -0.156. The van der Waals surface area contributed by atoms with Crippen LogP contribution in [0.25, 0.3) is 0 Å². The Balaban J connectivity index is -0.000000372. The molecule has 0 aliphatic heterocycles. The topological polar surface area (TPSA) is 71.1 Å². The van der Waals surface area contributed by atoms with Crippen molar-refractivity contribution in [2.24, 2.45) is 0 Å². The predicted octanol–water partition coefficient (Wildman–Crippen LogP) is 4.08. The van der Waals surface area contributed by atoms with E-state index < -0.39 is 0 Å². The maximum Gasteiger partial charge on any atom is 0.271 e. The van der Waals surface area contributed by atoms with E-state index in [1.807, 2.05) is 13.8 Å². The minimum absolute atomic E-state index is 0. The molecule has 0 spiro atoms. The number of hydrogen-bond acceptors (Lipinski definition) is 8. The SMILES string of the molecule is CCCC(=O)C(=S)OOC(C)C.CCCC(=O)C(=S)OOC(C)C.[Ti]. The zero-order valence-electron chi connectivity index (χ0n) is 15.7. The molecule has 9 heteroatoms. The van der Waals surface area contributed by atoms with E-state index in [9.17, 15) is 9.59 Å². The number of rotatable bonds is 10. The van der Waals surface area contributed by atoms with Crippen molar-refractivity contribution in [3.8, 4) is 0 Å². The average molecular weight is 428 g/mol. The van der Waals surface area contributed by atoms with Crippen molar-refractivity contribution in [1.82, 2.24) is 0 Å². The van der Waals surface area contributed by atoms with Gasteiger partial charge < -0.3 is 9.78 Å². The molecule has 0 radical (unpaired) electrons. The van der Waals surface area contributed by atoms with Crippen LogP contribution in [0.3, 0.4) is 0 Å². The summed E-state index contributed by atoms with van der Waals surface area (Å²) in [5.74, 6) is -0.346. The first kappa shape index (κ1) is 29.5. The van der Waals surface area contributed by atoms with Crippen LogP contribution in [0.15, 0.2) is 0 Å². The van der Waals surface area contributed by atoms with E-state index in [4.69, 9.17) is 9.78 Å². The molecule has 0 heterocycles. The van der Waals surface area contributed by atoms with Gasteiger partial charge in [0.2, 0.25) is 11.6 Å². The van der Waals surface area contributed by atoms with E-state index in [0.29, 0.717) is 12.8 Å². The Labute approximate surface area is 176 Å². The van der Waals surface area contributed by atoms with Crippen molar-refractivity contribution in [1.29, 1.82) is 0 Å². The molecule has 0 N–H and O–H groups in total. The Morgan fingerprint density at radius 3 is 1.24 bits per heavy atom. The molecule has 0 aliphatic rings. The van der Waals surface area contributed by atoms with Crippen LogP contribution in [0.4, 0.5) is 0 Å². The number of carbonyl (C=O) groups is 2. The Hall–Kier alpha value is -0.246. The van der Waals surface area contributed by atoms with Crippen molar-refractivity contribution in [2.75, 3.05) is 0 Å². The van der Waals surface area contributed by atoms with Gasteiger partial charge >= 0.3 is 0 Å². The van der Waals surface area contributed by atoms with Crippen molar-refractivity contribution in [3.05, 3.63) is 0 Å². The number of hydrogen-bond donors (Lipinski definition) is 0. The van der Waals surface area contributed by atoms with Crippen LogP contribution in [-0.4, -0.2) is 33.9 Å². The molecule has 25 heavy (non-hydrogen) atoms. The van der Waals surface area contributed by atoms with Crippen LogP contribution >= 0.6 is 24.4 Å². The van der Waals surface area contributed by atoms with Crippen molar-refractivity contribution in [2.45, 2.75) is 79.4 Å². The fraction of sp³-hybridized carbons (Fsp3) is 0.750. The maximum absolute atomic E-state index is 11.0. The van der Waals surface area contributed by atoms with E-state index in [1.54, 1.807) is 27.7 Å². The summed E-state index contributed by atoms with van der Waals surface area (Å²) >= 11 is 9.33. The predicted molar refractivity (Wildman–Crippen MR) is 99.6 cm³/mol. The second kappa shape index (κ2) is 18.5. The molecule has 0 rings (SSSR count). The summed E-state index contributed by atoms with van der Waals surface area (Å²) in [6, 6.07) is 0.